The minimum absolute atomic E-state index is 0.282. The highest BCUT2D eigenvalue weighted by Gasteiger charge is 2.10. The fourth-order valence-electron chi connectivity index (χ4n) is 3.08. The number of hydrogen-bond donors (Lipinski definition) is 0. The topological polar surface area (TPSA) is 49.3 Å². The second-order valence-electron chi connectivity index (χ2n) is 7.46. The summed E-state index contributed by atoms with van der Waals surface area (Å²) in [6.07, 6.45) is 3.37. The molecule has 2 unspecified atom stereocenters. The van der Waals surface area contributed by atoms with Crippen LogP contribution in [0.1, 0.15) is 44.4 Å². The van der Waals surface area contributed by atoms with Gasteiger partial charge in [-0.3, -0.25) is 0 Å². The molecular formula is C27H33NO4. The molecule has 0 aliphatic heterocycles. The molecule has 0 saturated heterocycles. The lowest BCUT2D eigenvalue weighted by molar-refractivity contribution is 0.213. The first-order chi connectivity index (χ1) is 15.3. The first kappa shape index (κ1) is 24.9. The highest BCUT2D eigenvalue weighted by molar-refractivity contribution is 5.98. The highest BCUT2D eigenvalue weighted by Crippen LogP contribution is 2.29. The second kappa shape index (κ2) is 12.5. The Bertz CT molecular complexity index is 991. The van der Waals surface area contributed by atoms with Gasteiger partial charge in [0.2, 0.25) is 0 Å². The molecule has 0 aliphatic rings. The zero-order chi connectivity index (χ0) is 23.5. The van der Waals surface area contributed by atoms with Crippen molar-refractivity contribution in [3.8, 4) is 29.1 Å². The predicted octanol–water partition coefficient (Wildman–Crippen LogP) is 5.87. The standard InChI is InChI=1S/C27H33NO4/c1-8-9-15-30-26-16-19(2)27(20(3)17-26)32-22(5)14-13-21(4)31-25-12-10-11-24(18-25)23(6)28-29-7/h8-12,16-18,21-22H,15H2,1-7H3/b9-8+,28-23-. The van der Waals surface area contributed by atoms with Crippen LogP contribution in [-0.2, 0) is 4.84 Å². The van der Waals surface area contributed by atoms with Gasteiger partial charge in [0.05, 0.1) is 5.71 Å². The Morgan fingerprint density at radius 1 is 1.00 bits per heavy atom. The van der Waals surface area contributed by atoms with Crippen LogP contribution in [0.3, 0.4) is 0 Å². The summed E-state index contributed by atoms with van der Waals surface area (Å²) >= 11 is 0. The summed E-state index contributed by atoms with van der Waals surface area (Å²) in [5.74, 6) is 8.65. The molecule has 2 aromatic carbocycles. The highest BCUT2D eigenvalue weighted by atomic mass is 16.6. The van der Waals surface area contributed by atoms with E-state index in [1.54, 1.807) is 0 Å². The lowest BCUT2D eigenvalue weighted by atomic mass is 10.1. The molecular weight excluding hydrogens is 402 g/mol. The van der Waals surface area contributed by atoms with Gasteiger partial charge >= 0.3 is 0 Å². The maximum absolute atomic E-state index is 6.11. The number of benzene rings is 2. The van der Waals surface area contributed by atoms with Gasteiger partial charge in [0, 0.05) is 5.56 Å². The first-order valence-electron chi connectivity index (χ1n) is 10.7. The molecule has 0 spiro atoms. The lowest BCUT2D eigenvalue weighted by Gasteiger charge is -2.16. The SMILES string of the molecule is C/C=C/COc1cc(C)c(OC(C)C#CC(C)Oc2cccc(/C(C)=N\OC)c2)c(C)c1. The molecule has 2 aromatic rings. The van der Waals surface area contributed by atoms with Gasteiger partial charge in [-0.25, -0.2) is 0 Å². The van der Waals surface area contributed by atoms with Crippen molar-refractivity contribution in [2.75, 3.05) is 13.7 Å². The third-order valence-electron chi connectivity index (χ3n) is 4.59. The van der Waals surface area contributed by atoms with Crippen LogP contribution in [0.15, 0.2) is 53.7 Å². The van der Waals surface area contributed by atoms with Crippen LogP contribution in [0, 0.1) is 25.7 Å². The maximum atomic E-state index is 6.11. The van der Waals surface area contributed by atoms with E-state index in [-0.39, 0.29) is 12.2 Å². The van der Waals surface area contributed by atoms with E-state index < -0.39 is 0 Å². The smallest absolute Gasteiger partial charge is 0.156 e. The van der Waals surface area contributed by atoms with Crippen molar-refractivity contribution in [1.29, 1.82) is 0 Å². The Balaban J connectivity index is 2.01. The second-order valence-corrected chi connectivity index (χ2v) is 7.46. The molecule has 2 rings (SSSR count). The van der Waals surface area contributed by atoms with Gasteiger partial charge in [0.25, 0.3) is 0 Å². The van der Waals surface area contributed by atoms with Crippen LogP contribution in [0.25, 0.3) is 0 Å². The fraction of sp³-hybridized carbons (Fsp3) is 0.370. The Labute approximate surface area is 192 Å². The first-order valence-corrected chi connectivity index (χ1v) is 10.7. The van der Waals surface area contributed by atoms with Crippen LogP contribution in [0.5, 0.6) is 17.2 Å². The molecule has 170 valence electrons. The molecule has 0 aliphatic carbocycles. The third kappa shape index (κ3) is 7.70. The fourth-order valence-corrected chi connectivity index (χ4v) is 3.08. The molecule has 0 heterocycles. The maximum Gasteiger partial charge on any atom is 0.156 e. The van der Waals surface area contributed by atoms with Gasteiger partial charge in [-0.2, -0.15) is 0 Å². The predicted molar refractivity (Wildman–Crippen MR) is 130 cm³/mol. The Morgan fingerprint density at radius 3 is 2.28 bits per heavy atom. The van der Waals surface area contributed by atoms with E-state index in [1.165, 1.54) is 7.11 Å². The van der Waals surface area contributed by atoms with Gasteiger partial charge in [-0.05, 0) is 76.9 Å². The largest absolute Gasteiger partial charge is 0.490 e. The normalized spacial score (nSPS) is 13.2. The van der Waals surface area contributed by atoms with Crippen LogP contribution < -0.4 is 14.2 Å². The lowest BCUT2D eigenvalue weighted by Crippen LogP contribution is -2.14. The summed E-state index contributed by atoms with van der Waals surface area (Å²) in [5, 5.41) is 3.96. The molecule has 0 saturated carbocycles. The minimum atomic E-state index is -0.291. The van der Waals surface area contributed by atoms with Crippen LogP contribution in [0.2, 0.25) is 0 Å². The molecule has 5 nitrogen and oxygen atoms in total. The molecule has 0 amide bonds. The van der Waals surface area contributed by atoms with Gasteiger partial charge < -0.3 is 19.0 Å². The van der Waals surface area contributed by atoms with E-state index in [4.69, 9.17) is 19.0 Å². The molecule has 5 heteroatoms. The van der Waals surface area contributed by atoms with Gasteiger partial charge in [-0.15, -0.1) is 0 Å². The van der Waals surface area contributed by atoms with Gasteiger partial charge in [-0.1, -0.05) is 41.3 Å². The Morgan fingerprint density at radius 2 is 1.66 bits per heavy atom. The number of hydrogen-bond acceptors (Lipinski definition) is 5. The number of ether oxygens (including phenoxy) is 3. The minimum Gasteiger partial charge on any atom is -0.490 e. The third-order valence-corrected chi connectivity index (χ3v) is 4.59. The van der Waals surface area contributed by atoms with E-state index in [9.17, 15) is 0 Å². The summed E-state index contributed by atoms with van der Waals surface area (Å²) in [6.45, 7) is 12.3. The van der Waals surface area contributed by atoms with E-state index in [0.29, 0.717) is 6.61 Å². The molecule has 32 heavy (non-hydrogen) atoms. The monoisotopic (exact) mass is 435 g/mol. The van der Waals surface area contributed by atoms with Crippen molar-refractivity contribution < 1.29 is 19.0 Å². The molecule has 0 aromatic heterocycles. The van der Waals surface area contributed by atoms with E-state index in [0.717, 1.165) is 39.7 Å². The van der Waals surface area contributed by atoms with E-state index >= 15 is 0 Å². The number of oxime groups is 1. The van der Waals surface area contributed by atoms with Crippen LogP contribution in [-0.4, -0.2) is 31.6 Å². The Hall–Kier alpha value is -3.39. The molecule has 2 atom stereocenters. The van der Waals surface area contributed by atoms with Gasteiger partial charge in [0.1, 0.15) is 31.0 Å². The number of rotatable bonds is 9. The molecule has 0 bridgehead atoms. The Kier molecular flexibility index (Phi) is 9.69. The van der Waals surface area contributed by atoms with Crippen LogP contribution >= 0.6 is 0 Å². The van der Waals surface area contributed by atoms with Crippen molar-refractivity contribution in [1.82, 2.24) is 0 Å². The number of aryl methyl sites for hydroxylation is 2. The van der Waals surface area contributed by atoms with E-state index in [1.807, 2.05) is 90.1 Å². The van der Waals surface area contributed by atoms with E-state index in [2.05, 4.69) is 17.0 Å². The van der Waals surface area contributed by atoms with Crippen molar-refractivity contribution in [3.05, 3.63) is 65.2 Å². The van der Waals surface area contributed by atoms with Crippen molar-refractivity contribution >= 4 is 5.71 Å². The zero-order valence-corrected chi connectivity index (χ0v) is 20.1. The average Bonchev–Trinajstić information content (AvgIpc) is 2.75. The summed E-state index contributed by atoms with van der Waals surface area (Å²) in [7, 11) is 1.53. The number of nitrogens with zero attached hydrogens (tertiary/aromatic N) is 1. The molecule has 0 N–H and O–H groups in total. The summed E-state index contributed by atoms with van der Waals surface area (Å²) < 4.78 is 17.8. The van der Waals surface area contributed by atoms with Crippen molar-refractivity contribution in [2.45, 2.75) is 53.8 Å². The zero-order valence-electron chi connectivity index (χ0n) is 20.1. The summed E-state index contributed by atoms with van der Waals surface area (Å²) in [5.41, 5.74) is 3.75. The summed E-state index contributed by atoms with van der Waals surface area (Å²) in [6, 6.07) is 11.7. The molecule has 0 fully saturated rings. The summed E-state index contributed by atoms with van der Waals surface area (Å²) in [4.78, 5) is 4.84. The van der Waals surface area contributed by atoms with Crippen molar-refractivity contribution in [3.63, 3.8) is 0 Å². The quantitative estimate of drug-likeness (QED) is 0.214. The number of allylic oxidation sites excluding steroid dienone is 1. The van der Waals surface area contributed by atoms with Crippen LogP contribution in [0.4, 0.5) is 0 Å². The van der Waals surface area contributed by atoms with Gasteiger partial charge in [0.15, 0.2) is 12.2 Å². The molecule has 0 radical (unpaired) electrons. The average molecular weight is 436 g/mol. The van der Waals surface area contributed by atoms with Crippen molar-refractivity contribution in [2.24, 2.45) is 5.16 Å².